The molecular formula is C12H9ClIN3O. The summed E-state index contributed by atoms with van der Waals surface area (Å²) in [5.41, 5.74) is 1.11. The van der Waals surface area contributed by atoms with E-state index in [0.717, 1.165) is 9.26 Å². The third kappa shape index (κ3) is 2.97. The highest BCUT2D eigenvalue weighted by atomic mass is 127. The zero-order valence-corrected chi connectivity index (χ0v) is 12.4. The normalized spacial score (nSPS) is 10.2. The second-order valence-electron chi connectivity index (χ2n) is 3.57. The van der Waals surface area contributed by atoms with Crippen LogP contribution in [0.1, 0.15) is 16.2 Å². The highest BCUT2D eigenvalue weighted by molar-refractivity contribution is 14.1. The van der Waals surface area contributed by atoms with Crippen LogP contribution >= 0.6 is 34.2 Å². The van der Waals surface area contributed by atoms with E-state index in [9.17, 15) is 4.79 Å². The molecule has 0 atom stereocenters. The van der Waals surface area contributed by atoms with Crippen molar-refractivity contribution in [3.05, 3.63) is 44.4 Å². The third-order valence-electron chi connectivity index (χ3n) is 2.24. The molecule has 0 aliphatic rings. The molecule has 6 heteroatoms. The van der Waals surface area contributed by atoms with Gasteiger partial charge in [-0.05, 0) is 53.8 Å². The Kier molecular flexibility index (Phi) is 4.13. The Hall–Kier alpha value is -1.21. The molecule has 0 spiro atoms. The zero-order chi connectivity index (χ0) is 13.1. The van der Waals surface area contributed by atoms with Crippen molar-refractivity contribution in [3.8, 4) is 0 Å². The maximum atomic E-state index is 11.0. The van der Waals surface area contributed by atoms with Crippen molar-refractivity contribution in [2.75, 3.05) is 5.32 Å². The number of anilines is 2. The first kappa shape index (κ1) is 13.2. The largest absolute Gasteiger partial charge is 0.339 e. The van der Waals surface area contributed by atoms with Gasteiger partial charge in [-0.15, -0.1) is 0 Å². The van der Waals surface area contributed by atoms with Gasteiger partial charge in [0.25, 0.3) is 0 Å². The van der Waals surface area contributed by atoms with E-state index < -0.39 is 0 Å². The van der Waals surface area contributed by atoms with Gasteiger partial charge in [-0.3, -0.25) is 4.79 Å². The summed E-state index contributed by atoms with van der Waals surface area (Å²) in [5.74, 6) is 0.933. The first-order valence-corrected chi connectivity index (χ1v) is 6.57. The lowest BCUT2D eigenvalue weighted by molar-refractivity contribution is 0.112. The number of carbonyl (C=O) groups is 1. The van der Waals surface area contributed by atoms with E-state index in [1.165, 1.54) is 0 Å². The van der Waals surface area contributed by atoms with Gasteiger partial charge < -0.3 is 5.32 Å². The minimum atomic E-state index is 0.158. The lowest BCUT2D eigenvalue weighted by Gasteiger charge is -2.09. The van der Waals surface area contributed by atoms with Crippen LogP contribution in [0.3, 0.4) is 0 Å². The number of rotatable bonds is 3. The molecule has 18 heavy (non-hydrogen) atoms. The molecule has 0 saturated carbocycles. The molecule has 0 unspecified atom stereocenters. The zero-order valence-electron chi connectivity index (χ0n) is 9.45. The van der Waals surface area contributed by atoms with Crippen LogP contribution in [0.2, 0.25) is 5.15 Å². The van der Waals surface area contributed by atoms with Crippen molar-refractivity contribution >= 4 is 52.0 Å². The van der Waals surface area contributed by atoms with Gasteiger partial charge in [0.1, 0.15) is 16.8 Å². The summed E-state index contributed by atoms with van der Waals surface area (Å²) in [5, 5.41) is 3.22. The van der Waals surface area contributed by atoms with Crippen molar-refractivity contribution in [1.29, 1.82) is 0 Å². The van der Waals surface area contributed by atoms with E-state index in [2.05, 4.69) is 37.9 Å². The Balaban J connectivity index is 2.39. The molecule has 0 radical (unpaired) electrons. The standard InChI is InChI=1S/C12H9ClIN3O/c1-7-15-11(13)10(6-18)12(16-7)17-9-4-2-8(14)3-5-9/h2-6H,1H3,(H,15,16,17). The second kappa shape index (κ2) is 5.62. The Morgan fingerprint density at radius 3 is 2.56 bits per heavy atom. The molecule has 0 aliphatic heterocycles. The number of nitrogens with zero attached hydrogens (tertiary/aromatic N) is 2. The average Bonchev–Trinajstić information content (AvgIpc) is 2.32. The van der Waals surface area contributed by atoms with Gasteiger partial charge in [0, 0.05) is 9.26 Å². The van der Waals surface area contributed by atoms with Crippen LogP contribution < -0.4 is 5.32 Å². The summed E-state index contributed by atoms with van der Waals surface area (Å²) in [6, 6.07) is 7.72. The summed E-state index contributed by atoms with van der Waals surface area (Å²) in [6.07, 6.45) is 0.650. The number of nitrogens with one attached hydrogen (secondary N) is 1. The van der Waals surface area contributed by atoms with Crippen LogP contribution in [0.15, 0.2) is 24.3 Å². The molecule has 0 aliphatic carbocycles. The molecule has 1 aromatic carbocycles. The average molecular weight is 374 g/mol. The highest BCUT2D eigenvalue weighted by Crippen LogP contribution is 2.23. The fourth-order valence-electron chi connectivity index (χ4n) is 1.42. The molecule has 92 valence electrons. The highest BCUT2D eigenvalue weighted by Gasteiger charge is 2.11. The minimum Gasteiger partial charge on any atom is -0.339 e. The lowest BCUT2D eigenvalue weighted by Crippen LogP contribution is -2.03. The maximum absolute atomic E-state index is 11.0. The van der Waals surface area contributed by atoms with E-state index in [4.69, 9.17) is 11.6 Å². The van der Waals surface area contributed by atoms with Crippen molar-refractivity contribution in [3.63, 3.8) is 0 Å². The van der Waals surface area contributed by atoms with E-state index in [0.29, 0.717) is 17.9 Å². The summed E-state index contributed by atoms with van der Waals surface area (Å²) < 4.78 is 1.13. The fourth-order valence-corrected chi connectivity index (χ4v) is 2.03. The molecule has 1 heterocycles. The Morgan fingerprint density at radius 2 is 1.94 bits per heavy atom. The van der Waals surface area contributed by atoms with E-state index in [1.54, 1.807) is 6.92 Å². The van der Waals surface area contributed by atoms with Gasteiger partial charge in [-0.1, -0.05) is 11.6 Å². The molecule has 2 aromatic rings. The Morgan fingerprint density at radius 1 is 1.28 bits per heavy atom. The predicted molar refractivity (Wildman–Crippen MR) is 79.6 cm³/mol. The molecule has 1 aromatic heterocycles. The lowest BCUT2D eigenvalue weighted by atomic mass is 10.3. The SMILES string of the molecule is Cc1nc(Cl)c(C=O)c(Nc2ccc(I)cc2)n1. The summed E-state index contributed by atoms with van der Waals surface area (Å²) >= 11 is 8.12. The van der Waals surface area contributed by atoms with Crippen molar-refractivity contribution in [2.24, 2.45) is 0 Å². The van der Waals surface area contributed by atoms with Crippen molar-refractivity contribution in [2.45, 2.75) is 6.92 Å². The van der Waals surface area contributed by atoms with E-state index in [1.807, 2.05) is 24.3 Å². The van der Waals surface area contributed by atoms with Crippen LogP contribution in [-0.2, 0) is 0 Å². The van der Waals surface area contributed by atoms with Crippen molar-refractivity contribution < 1.29 is 4.79 Å². The molecule has 4 nitrogen and oxygen atoms in total. The predicted octanol–water partition coefficient (Wildman–Crippen LogP) is 3.60. The van der Waals surface area contributed by atoms with Gasteiger partial charge in [0.2, 0.25) is 0 Å². The van der Waals surface area contributed by atoms with Crippen molar-refractivity contribution in [1.82, 2.24) is 9.97 Å². The first-order chi connectivity index (χ1) is 8.60. The van der Waals surface area contributed by atoms with Gasteiger partial charge in [-0.25, -0.2) is 9.97 Å². The van der Waals surface area contributed by atoms with Gasteiger partial charge in [-0.2, -0.15) is 0 Å². The summed E-state index contributed by atoms with van der Waals surface area (Å²) in [4.78, 5) is 19.1. The second-order valence-corrected chi connectivity index (χ2v) is 5.18. The van der Waals surface area contributed by atoms with Crippen LogP contribution in [0, 0.1) is 10.5 Å². The number of benzene rings is 1. The smallest absolute Gasteiger partial charge is 0.156 e. The molecule has 0 bridgehead atoms. The third-order valence-corrected chi connectivity index (χ3v) is 3.24. The Labute approximate surface area is 123 Å². The molecule has 0 saturated heterocycles. The number of aldehydes is 1. The molecule has 0 fully saturated rings. The quantitative estimate of drug-likeness (QED) is 0.507. The number of hydrogen-bond acceptors (Lipinski definition) is 4. The topological polar surface area (TPSA) is 54.9 Å². The van der Waals surface area contributed by atoms with Gasteiger partial charge in [0.15, 0.2) is 6.29 Å². The van der Waals surface area contributed by atoms with Crippen LogP contribution in [0.4, 0.5) is 11.5 Å². The van der Waals surface area contributed by atoms with E-state index >= 15 is 0 Å². The number of aromatic nitrogens is 2. The monoisotopic (exact) mass is 373 g/mol. The fraction of sp³-hybridized carbons (Fsp3) is 0.0833. The summed E-state index contributed by atoms with van der Waals surface area (Å²) in [6.45, 7) is 1.72. The van der Waals surface area contributed by atoms with E-state index in [-0.39, 0.29) is 10.7 Å². The molecular weight excluding hydrogens is 365 g/mol. The maximum Gasteiger partial charge on any atom is 0.156 e. The summed E-state index contributed by atoms with van der Waals surface area (Å²) in [7, 11) is 0. The molecule has 2 rings (SSSR count). The Bertz CT molecular complexity index is 587. The van der Waals surface area contributed by atoms with Crippen LogP contribution in [0.5, 0.6) is 0 Å². The van der Waals surface area contributed by atoms with Gasteiger partial charge in [0.05, 0.1) is 5.56 Å². The molecule has 0 amide bonds. The number of hydrogen-bond donors (Lipinski definition) is 1. The molecule has 1 N–H and O–H groups in total. The number of halogens is 2. The minimum absolute atomic E-state index is 0.158. The van der Waals surface area contributed by atoms with Crippen LogP contribution in [-0.4, -0.2) is 16.3 Å². The first-order valence-electron chi connectivity index (χ1n) is 5.12. The number of carbonyl (C=O) groups excluding carboxylic acids is 1. The van der Waals surface area contributed by atoms with Gasteiger partial charge >= 0.3 is 0 Å². The number of aryl methyl sites for hydroxylation is 1. The van der Waals surface area contributed by atoms with Crippen LogP contribution in [0.25, 0.3) is 0 Å².